The second-order valence-electron chi connectivity index (χ2n) is 9.42. The van der Waals surface area contributed by atoms with E-state index in [9.17, 15) is 9.69 Å². The Morgan fingerprint density at radius 1 is 0.649 bits per heavy atom. The van der Waals surface area contributed by atoms with Crippen molar-refractivity contribution in [2.24, 2.45) is 5.73 Å². The minimum Gasteiger partial charge on any atom is -0.779 e. The molecule has 0 aromatic rings. The minimum absolute atomic E-state index is 0. The van der Waals surface area contributed by atoms with E-state index in [1.54, 1.807) is 0 Å². The van der Waals surface area contributed by atoms with Crippen LogP contribution in [0.25, 0.3) is 0 Å². The van der Waals surface area contributed by atoms with Crippen LogP contribution in [0.5, 0.6) is 0 Å². The van der Waals surface area contributed by atoms with Crippen LogP contribution >= 0.6 is 13.4 Å². The first kappa shape index (κ1) is 40.5. The Bertz CT molecular complexity index is 634. The number of carbonyl (C=O) groups excluding carboxylic acids is 1. The van der Waals surface area contributed by atoms with Gasteiger partial charge in [0.1, 0.15) is 6.72 Å². The SMILES string of the molecule is CCCCCCCCCCCCOP([O-])(=S)OP(=S)(OCCCCCCCCCCCC)OC(N)=O.[Na+]. The largest absolute Gasteiger partial charge is 1.00 e. The van der Waals surface area contributed by atoms with E-state index in [0.717, 1.165) is 38.5 Å². The zero-order valence-electron chi connectivity index (χ0n) is 23.8. The number of carbonyl (C=O) groups is 1. The number of hydrogen-bond acceptors (Lipinski definition) is 8. The van der Waals surface area contributed by atoms with Crippen LogP contribution in [0.3, 0.4) is 0 Å². The molecule has 12 heteroatoms. The maximum absolute atomic E-state index is 12.6. The van der Waals surface area contributed by atoms with E-state index in [0.29, 0.717) is 0 Å². The van der Waals surface area contributed by atoms with Gasteiger partial charge in [0.15, 0.2) is 0 Å². The molecule has 0 bridgehead atoms. The molecule has 0 radical (unpaired) electrons. The van der Waals surface area contributed by atoms with E-state index in [1.165, 1.54) is 89.9 Å². The monoisotopic (exact) mass is 611 g/mol. The molecule has 2 unspecified atom stereocenters. The summed E-state index contributed by atoms with van der Waals surface area (Å²) in [5.74, 6) is 0. The van der Waals surface area contributed by atoms with E-state index >= 15 is 0 Å². The summed E-state index contributed by atoms with van der Waals surface area (Å²) in [6, 6.07) is 0. The molecule has 7 nitrogen and oxygen atoms in total. The molecule has 2 atom stereocenters. The fraction of sp³-hybridized carbons (Fsp3) is 0.960. The Hall–Kier alpha value is 1.41. The predicted molar refractivity (Wildman–Crippen MR) is 156 cm³/mol. The summed E-state index contributed by atoms with van der Waals surface area (Å²) in [5, 5.41) is 0. The standard InChI is InChI=1S/C25H53NO6P2S2.Na/c1-3-5-7-9-11-13-15-17-19-21-23-29-33(28,35)32-34(36,31-25(26)27)30-24-22-20-18-16-14-12-10-8-6-4-2;/h3-24H2,1-2H3,(H2,26,27)(H,28,35);/q;+1/p-1. The first-order chi connectivity index (χ1) is 17.2. The molecular weight excluding hydrogens is 559 g/mol. The Morgan fingerprint density at radius 2 is 0.973 bits per heavy atom. The molecule has 0 heterocycles. The second-order valence-corrected chi connectivity index (χ2v) is 15.2. The molecule has 0 saturated heterocycles. The molecular formula is C25H52NNaO6P2S2. The van der Waals surface area contributed by atoms with Gasteiger partial charge in [0.25, 0.3) is 0 Å². The molecule has 0 aromatic heterocycles. The molecule has 0 aliphatic carbocycles. The summed E-state index contributed by atoms with van der Waals surface area (Å²) in [6.45, 7) is -2.79. The van der Waals surface area contributed by atoms with Gasteiger partial charge in [0.2, 0.25) is 0 Å². The van der Waals surface area contributed by atoms with Gasteiger partial charge in [-0.1, -0.05) is 141 Å². The van der Waals surface area contributed by atoms with Crippen LogP contribution < -0.4 is 40.2 Å². The summed E-state index contributed by atoms with van der Waals surface area (Å²) in [5.41, 5.74) is 5.12. The third-order valence-corrected chi connectivity index (χ3v) is 11.0. The van der Waals surface area contributed by atoms with Gasteiger partial charge in [-0.2, -0.15) is 0 Å². The summed E-state index contributed by atoms with van der Waals surface area (Å²) < 4.78 is 20.9. The van der Waals surface area contributed by atoms with Crippen molar-refractivity contribution in [3.63, 3.8) is 0 Å². The average molecular weight is 612 g/mol. The first-order valence-electron chi connectivity index (χ1n) is 14.1. The molecule has 1 amide bonds. The summed E-state index contributed by atoms with van der Waals surface area (Å²) in [4.78, 5) is 23.9. The van der Waals surface area contributed by atoms with E-state index in [2.05, 4.69) is 13.8 Å². The third-order valence-electron chi connectivity index (χ3n) is 5.90. The van der Waals surface area contributed by atoms with Crippen LogP contribution in [0.1, 0.15) is 142 Å². The number of rotatable bonds is 27. The van der Waals surface area contributed by atoms with Crippen molar-refractivity contribution in [1.29, 1.82) is 0 Å². The van der Waals surface area contributed by atoms with E-state index in [4.69, 9.17) is 47.2 Å². The molecule has 0 rings (SSSR count). The van der Waals surface area contributed by atoms with Gasteiger partial charge in [0.05, 0.1) is 13.2 Å². The summed E-state index contributed by atoms with van der Waals surface area (Å²) >= 11 is 10.2. The van der Waals surface area contributed by atoms with Crippen LogP contribution in [0, 0.1) is 0 Å². The topological polar surface area (TPSA) is 103 Å². The Balaban J connectivity index is 0. The van der Waals surface area contributed by atoms with Gasteiger partial charge in [-0.3, -0.25) is 8.83 Å². The number of nitrogens with two attached hydrogens (primary N) is 1. The van der Waals surface area contributed by atoms with Crippen LogP contribution in [-0.2, 0) is 41.5 Å². The van der Waals surface area contributed by atoms with Crippen LogP contribution in [0.15, 0.2) is 0 Å². The maximum Gasteiger partial charge on any atom is 1.00 e. The van der Waals surface area contributed by atoms with Crippen LogP contribution in [0.2, 0.25) is 0 Å². The first-order valence-corrected chi connectivity index (χ1v) is 19.3. The third kappa shape index (κ3) is 28.7. The van der Waals surface area contributed by atoms with Gasteiger partial charge < -0.3 is 19.7 Å². The van der Waals surface area contributed by atoms with Crippen LogP contribution in [0.4, 0.5) is 4.79 Å². The summed E-state index contributed by atoms with van der Waals surface area (Å²) in [6.07, 6.45) is 22.3. The number of amides is 1. The Kier molecular flexibility index (Phi) is 30.2. The molecule has 0 spiro atoms. The van der Waals surface area contributed by atoms with Crippen molar-refractivity contribution in [3.8, 4) is 0 Å². The van der Waals surface area contributed by atoms with Crippen molar-refractivity contribution >= 4 is 43.1 Å². The molecule has 0 aliphatic heterocycles. The van der Waals surface area contributed by atoms with Gasteiger partial charge >= 0.3 is 42.4 Å². The van der Waals surface area contributed by atoms with E-state index in [-0.39, 0.29) is 42.8 Å². The second kappa shape index (κ2) is 27.6. The van der Waals surface area contributed by atoms with Crippen molar-refractivity contribution in [2.45, 2.75) is 142 Å². The number of unbranched alkanes of at least 4 members (excludes halogenated alkanes) is 18. The number of primary amides is 1. The van der Waals surface area contributed by atoms with Gasteiger partial charge in [0, 0.05) is 11.8 Å². The molecule has 2 N–H and O–H groups in total. The van der Waals surface area contributed by atoms with Crippen molar-refractivity contribution in [2.75, 3.05) is 13.2 Å². The Labute approximate surface area is 259 Å². The van der Waals surface area contributed by atoms with Gasteiger partial charge in [-0.05, 0) is 12.8 Å². The molecule has 37 heavy (non-hydrogen) atoms. The van der Waals surface area contributed by atoms with Crippen molar-refractivity contribution in [3.05, 3.63) is 0 Å². The zero-order valence-corrected chi connectivity index (χ0v) is 29.2. The van der Waals surface area contributed by atoms with Crippen LogP contribution in [-0.4, -0.2) is 19.3 Å². The average Bonchev–Trinajstić information content (AvgIpc) is 2.80. The zero-order chi connectivity index (χ0) is 27.0. The molecule has 0 aliphatic rings. The fourth-order valence-corrected chi connectivity index (χ4v) is 8.95. The quantitative estimate of drug-likeness (QED) is 0.0708. The predicted octanol–water partition coefficient (Wildman–Crippen LogP) is 5.79. The smallest absolute Gasteiger partial charge is 0.779 e. The maximum atomic E-state index is 12.6. The van der Waals surface area contributed by atoms with E-state index in [1.807, 2.05) is 0 Å². The van der Waals surface area contributed by atoms with Crippen molar-refractivity contribution in [1.82, 2.24) is 0 Å². The molecule has 0 fully saturated rings. The minimum atomic E-state index is -3.96. The van der Waals surface area contributed by atoms with E-state index < -0.39 is 19.5 Å². The normalized spacial score (nSPS) is 14.5. The summed E-state index contributed by atoms with van der Waals surface area (Å²) in [7, 11) is 0. The van der Waals surface area contributed by atoms with Gasteiger partial charge in [-0.25, -0.2) is 4.79 Å². The molecule has 0 saturated carbocycles. The molecule has 0 aromatic carbocycles. The molecule has 216 valence electrons. The number of hydrogen-bond donors (Lipinski definition) is 1. The Morgan fingerprint density at radius 3 is 1.32 bits per heavy atom. The fourth-order valence-electron chi connectivity index (χ4n) is 3.85. The van der Waals surface area contributed by atoms with Gasteiger partial charge in [-0.15, -0.1) is 0 Å². The van der Waals surface area contributed by atoms with Crippen molar-refractivity contribution < 1.29 is 57.1 Å².